The van der Waals surface area contributed by atoms with E-state index in [9.17, 15) is 14.3 Å². The van der Waals surface area contributed by atoms with Crippen LogP contribution in [0, 0.1) is 18.7 Å². The molecule has 1 aromatic rings. The Hall–Kier alpha value is -1.66. The van der Waals surface area contributed by atoms with Crippen LogP contribution in [-0.2, 0) is 9.53 Å². The standard InChI is InChI=1S/C18H24FNO4/c1-13-10-15(19)2-3-16(13)24-18(17(21)22)5-7-20(8-6-18)11-14-4-9-23-12-14/h2-3,10,14H,4-9,11-12H2,1H3,(H,21,22)/t14-/m1/s1. The van der Waals surface area contributed by atoms with E-state index in [1.165, 1.54) is 18.2 Å². The van der Waals surface area contributed by atoms with Crippen LogP contribution in [0.15, 0.2) is 18.2 Å². The average Bonchev–Trinajstić information content (AvgIpc) is 3.05. The summed E-state index contributed by atoms with van der Waals surface area (Å²) in [5.74, 6) is -0.313. The number of carboxylic acids is 1. The van der Waals surface area contributed by atoms with Gasteiger partial charge in [0.25, 0.3) is 0 Å². The molecule has 1 aromatic carbocycles. The Morgan fingerprint density at radius 3 is 2.79 bits per heavy atom. The second-order valence-corrected chi connectivity index (χ2v) is 6.84. The molecule has 2 heterocycles. The lowest BCUT2D eigenvalue weighted by atomic mass is 9.90. The molecule has 6 heteroatoms. The van der Waals surface area contributed by atoms with Crippen molar-refractivity contribution in [3.8, 4) is 5.75 Å². The molecule has 132 valence electrons. The normalized spacial score (nSPS) is 24.0. The molecule has 2 fully saturated rings. The van der Waals surface area contributed by atoms with E-state index in [4.69, 9.17) is 9.47 Å². The van der Waals surface area contributed by atoms with Gasteiger partial charge in [0.2, 0.25) is 5.60 Å². The molecule has 0 unspecified atom stereocenters. The summed E-state index contributed by atoms with van der Waals surface area (Å²) in [6.07, 6.45) is 1.92. The van der Waals surface area contributed by atoms with E-state index < -0.39 is 11.6 Å². The van der Waals surface area contributed by atoms with Crippen molar-refractivity contribution < 1.29 is 23.8 Å². The molecule has 2 aliphatic heterocycles. The first-order valence-corrected chi connectivity index (χ1v) is 8.47. The van der Waals surface area contributed by atoms with E-state index in [-0.39, 0.29) is 5.82 Å². The molecule has 0 spiro atoms. The maximum atomic E-state index is 13.2. The summed E-state index contributed by atoms with van der Waals surface area (Å²) in [6.45, 7) is 5.66. The van der Waals surface area contributed by atoms with Gasteiger partial charge in [0, 0.05) is 39.1 Å². The molecule has 1 atom stereocenters. The molecule has 0 bridgehead atoms. The lowest BCUT2D eigenvalue weighted by Crippen LogP contribution is -2.54. The van der Waals surface area contributed by atoms with E-state index in [0.29, 0.717) is 43.2 Å². The SMILES string of the molecule is Cc1cc(F)ccc1OC1(C(=O)O)CCN(C[C@H]2CCOC2)CC1. The first-order valence-electron chi connectivity index (χ1n) is 8.47. The number of aryl methyl sites for hydroxylation is 1. The minimum absolute atomic E-state index is 0.349. The monoisotopic (exact) mass is 337 g/mol. The van der Waals surface area contributed by atoms with Gasteiger partial charge in [0.15, 0.2) is 0 Å². The van der Waals surface area contributed by atoms with Crippen LogP contribution < -0.4 is 4.74 Å². The van der Waals surface area contributed by atoms with Gasteiger partial charge < -0.3 is 19.5 Å². The molecule has 0 radical (unpaired) electrons. The molecule has 5 nitrogen and oxygen atoms in total. The van der Waals surface area contributed by atoms with Crippen LogP contribution in [-0.4, -0.2) is 54.4 Å². The number of carboxylic acid groups (broad SMARTS) is 1. The molecule has 0 aliphatic carbocycles. The fourth-order valence-electron chi connectivity index (χ4n) is 3.49. The first kappa shape index (κ1) is 17.2. The number of likely N-dealkylation sites (tertiary alicyclic amines) is 1. The highest BCUT2D eigenvalue weighted by atomic mass is 19.1. The van der Waals surface area contributed by atoms with Crippen molar-refractivity contribution in [1.29, 1.82) is 0 Å². The number of hydrogen-bond donors (Lipinski definition) is 1. The van der Waals surface area contributed by atoms with Gasteiger partial charge in [0.05, 0.1) is 6.61 Å². The van der Waals surface area contributed by atoms with Crippen molar-refractivity contribution in [3.05, 3.63) is 29.6 Å². The van der Waals surface area contributed by atoms with Crippen molar-refractivity contribution in [2.45, 2.75) is 31.8 Å². The summed E-state index contributed by atoms with van der Waals surface area (Å²) < 4.78 is 24.5. The summed E-state index contributed by atoms with van der Waals surface area (Å²) in [5.41, 5.74) is -0.619. The zero-order chi connectivity index (χ0) is 17.2. The fourth-order valence-corrected chi connectivity index (χ4v) is 3.49. The summed E-state index contributed by atoms with van der Waals surface area (Å²) in [6, 6.07) is 4.17. The maximum absolute atomic E-state index is 13.2. The molecular formula is C18H24FNO4. The predicted octanol–water partition coefficient (Wildman–Crippen LogP) is 2.47. The van der Waals surface area contributed by atoms with Gasteiger partial charge in [-0.2, -0.15) is 0 Å². The molecular weight excluding hydrogens is 313 g/mol. The van der Waals surface area contributed by atoms with Gasteiger partial charge in [-0.25, -0.2) is 9.18 Å². The summed E-state index contributed by atoms with van der Waals surface area (Å²) >= 11 is 0. The van der Waals surface area contributed by atoms with Crippen LogP contribution in [0.5, 0.6) is 5.75 Å². The van der Waals surface area contributed by atoms with E-state index in [1.54, 1.807) is 6.92 Å². The topological polar surface area (TPSA) is 59.0 Å². The molecule has 3 rings (SSSR count). The molecule has 0 saturated carbocycles. The van der Waals surface area contributed by atoms with E-state index in [1.807, 2.05) is 0 Å². The van der Waals surface area contributed by atoms with Crippen molar-refractivity contribution in [1.82, 2.24) is 4.90 Å². The Morgan fingerprint density at radius 1 is 1.46 bits per heavy atom. The number of ether oxygens (including phenoxy) is 2. The Bertz CT molecular complexity index is 593. The average molecular weight is 337 g/mol. The molecule has 24 heavy (non-hydrogen) atoms. The number of aliphatic carboxylic acids is 1. The third-order valence-electron chi connectivity index (χ3n) is 5.04. The molecule has 2 saturated heterocycles. The van der Waals surface area contributed by atoms with Crippen LogP contribution in [0.3, 0.4) is 0 Å². The van der Waals surface area contributed by atoms with Crippen molar-refractivity contribution in [2.75, 3.05) is 32.8 Å². The Kier molecular flexibility index (Phi) is 5.06. The zero-order valence-electron chi connectivity index (χ0n) is 14.0. The molecule has 0 aromatic heterocycles. The predicted molar refractivity (Wildman–Crippen MR) is 86.7 cm³/mol. The van der Waals surface area contributed by atoms with Crippen molar-refractivity contribution in [2.24, 2.45) is 5.92 Å². The highest BCUT2D eigenvalue weighted by Gasteiger charge is 2.44. The third-order valence-corrected chi connectivity index (χ3v) is 5.04. The quantitative estimate of drug-likeness (QED) is 0.894. The highest BCUT2D eigenvalue weighted by Crippen LogP contribution is 2.32. The van der Waals surface area contributed by atoms with Gasteiger partial charge >= 0.3 is 5.97 Å². The lowest BCUT2D eigenvalue weighted by Gasteiger charge is -2.39. The number of hydrogen-bond acceptors (Lipinski definition) is 4. The highest BCUT2D eigenvalue weighted by molar-refractivity contribution is 5.78. The van der Waals surface area contributed by atoms with Crippen LogP contribution >= 0.6 is 0 Å². The molecule has 1 N–H and O–H groups in total. The molecule has 2 aliphatic rings. The van der Waals surface area contributed by atoms with E-state index >= 15 is 0 Å². The van der Waals surface area contributed by atoms with Gasteiger partial charge in [-0.05, 0) is 43.0 Å². The fraction of sp³-hybridized carbons (Fsp3) is 0.611. The zero-order valence-corrected chi connectivity index (χ0v) is 14.0. The summed E-state index contributed by atoms with van der Waals surface area (Å²) in [5, 5.41) is 9.73. The number of rotatable bonds is 5. The minimum Gasteiger partial charge on any atom is -0.478 e. The van der Waals surface area contributed by atoms with Crippen LogP contribution in [0.2, 0.25) is 0 Å². The Morgan fingerprint density at radius 2 is 2.21 bits per heavy atom. The second kappa shape index (κ2) is 7.07. The summed E-state index contributed by atoms with van der Waals surface area (Å²) in [7, 11) is 0. The third kappa shape index (κ3) is 3.70. The molecule has 0 amide bonds. The Labute approximate surface area is 141 Å². The van der Waals surface area contributed by atoms with Gasteiger partial charge in [-0.1, -0.05) is 0 Å². The van der Waals surface area contributed by atoms with E-state index in [0.717, 1.165) is 26.2 Å². The van der Waals surface area contributed by atoms with Gasteiger partial charge in [0.1, 0.15) is 11.6 Å². The Balaban J connectivity index is 1.65. The number of benzene rings is 1. The second-order valence-electron chi connectivity index (χ2n) is 6.84. The number of halogens is 1. The largest absolute Gasteiger partial charge is 0.478 e. The van der Waals surface area contributed by atoms with Crippen molar-refractivity contribution in [3.63, 3.8) is 0 Å². The lowest BCUT2D eigenvalue weighted by molar-refractivity contribution is -0.160. The van der Waals surface area contributed by atoms with Gasteiger partial charge in [-0.3, -0.25) is 0 Å². The number of carbonyl (C=O) groups is 1. The van der Waals surface area contributed by atoms with Crippen LogP contribution in [0.25, 0.3) is 0 Å². The van der Waals surface area contributed by atoms with Crippen molar-refractivity contribution >= 4 is 5.97 Å². The smallest absolute Gasteiger partial charge is 0.348 e. The van der Waals surface area contributed by atoms with Crippen LogP contribution in [0.4, 0.5) is 4.39 Å². The summed E-state index contributed by atoms with van der Waals surface area (Å²) in [4.78, 5) is 14.2. The van der Waals surface area contributed by atoms with E-state index in [2.05, 4.69) is 4.90 Å². The number of piperidine rings is 1. The number of nitrogens with zero attached hydrogens (tertiary/aromatic N) is 1. The minimum atomic E-state index is -1.23. The van der Waals surface area contributed by atoms with Gasteiger partial charge in [-0.15, -0.1) is 0 Å². The van der Waals surface area contributed by atoms with Crippen LogP contribution in [0.1, 0.15) is 24.8 Å². The first-order chi connectivity index (χ1) is 11.5. The maximum Gasteiger partial charge on any atom is 0.348 e.